The van der Waals surface area contributed by atoms with Gasteiger partial charge in [-0.3, -0.25) is 4.79 Å². The normalized spacial score (nSPS) is 10.8. The van der Waals surface area contributed by atoms with Gasteiger partial charge in [-0.05, 0) is 35.7 Å². The summed E-state index contributed by atoms with van der Waals surface area (Å²) >= 11 is 0. The molecule has 0 spiro atoms. The molecule has 2 aromatic rings. The van der Waals surface area contributed by atoms with E-state index in [1.165, 1.54) is 0 Å². The van der Waals surface area contributed by atoms with Gasteiger partial charge < -0.3 is 9.84 Å². The number of methoxy groups -OCH3 is 1. The van der Waals surface area contributed by atoms with Gasteiger partial charge in [-0.1, -0.05) is 36.4 Å². The van der Waals surface area contributed by atoms with E-state index in [-0.39, 0.29) is 11.5 Å². The Morgan fingerprint density at radius 2 is 1.76 bits per heavy atom. The van der Waals surface area contributed by atoms with E-state index in [1.54, 1.807) is 26.2 Å². The summed E-state index contributed by atoms with van der Waals surface area (Å²) in [5.41, 5.74) is 2.91. The van der Waals surface area contributed by atoms with Crippen LogP contribution in [-0.4, -0.2) is 18.0 Å². The topological polar surface area (TPSA) is 46.5 Å². The lowest BCUT2D eigenvalue weighted by molar-refractivity contribution is -0.116. The van der Waals surface area contributed by atoms with Crippen molar-refractivity contribution in [3.8, 4) is 11.5 Å². The van der Waals surface area contributed by atoms with E-state index >= 15 is 0 Å². The van der Waals surface area contributed by atoms with Gasteiger partial charge in [0.15, 0.2) is 0 Å². The van der Waals surface area contributed by atoms with Gasteiger partial charge in [-0.2, -0.15) is 0 Å². The van der Waals surface area contributed by atoms with E-state index < -0.39 is 0 Å². The van der Waals surface area contributed by atoms with Crippen molar-refractivity contribution in [2.75, 3.05) is 7.11 Å². The van der Waals surface area contributed by atoms with Crippen molar-refractivity contribution in [1.82, 2.24) is 0 Å². The van der Waals surface area contributed by atoms with E-state index in [0.717, 1.165) is 16.7 Å². The molecule has 108 valence electrons. The maximum atomic E-state index is 11.1. The van der Waals surface area contributed by atoms with Crippen LogP contribution in [0.3, 0.4) is 0 Å². The van der Waals surface area contributed by atoms with Crippen LogP contribution in [-0.2, 0) is 11.2 Å². The molecule has 2 rings (SSSR count). The number of carbonyl (C=O) groups excluding carboxylic acids is 1. The molecule has 0 aliphatic rings. The smallest absolute Gasteiger partial charge is 0.134 e. The van der Waals surface area contributed by atoms with E-state index in [0.29, 0.717) is 12.2 Å². The highest BCUT2D eigenvalue weighted by Gasteiger charge is 1.99. The molecular weight excluding hydrogens is 264 g/mol. The van der Waals surface area contributed by atoms with Crippen molar-refractivity contribution < 1.29 is 14.6 Å². The van der Waals surface area contributed by atoms with Crippen molar-refractivity contribution in [3.05, 3.63) is 59.2 Å². The minimum Gasteiger partial charge on any atom is -0.508 e. The molecule has 0 unspecified atom stereocenters. The Labute approximate surface area is 124 Å². The summed E-state index contributed by atoms with van der Waals surface area (Å²) in [5.74, 6) is 0.947. The predicted octanol–water partition coefficient (Wildman–Crippen LogP) is 3.70. The molecular formula is C18H18O3. The molecule has 0 amide bonds. The molecule has 0 aliphatic carbocycles. The number of hydrogen-bond acceptors (Lipinski definition) is 3. The second kappa shape index (κ2) is 6.75. The molecule has 3 heteroatoms. The van der Waals surface area contributed by atoms with E-state index in [1.807, 2.05) is 42.5 Å². The number of benzene rings is 2. The van der Waals surface area contributed by atoms with E-state index in [4.69, 9.17) is 4.74 Å². The van der Waals surface area contributed by atoms with Crippen LogP contribution >= 0.6 is 0 Å². The SMILES string of the molecule is COc1cc(O)cc(/C=C/c2ccc(CC(C)=O)cc2)c1. The third kappa shape index (κ3) is 4.49. The highest BCUT2D eigenvalue weighted by Crippen LogP contribution is 2.23. The fourth-order valence-corrected chi connectivity index (χ4v) is 2.05. The average Bonchev–Trinajstić information content (AvgIpc) is 2.45. The summed E-state index contributed by atoms with van der Waals surface area (Å²) < 4.78 is 5.11. The van der Waals surface area contributed by atoms with Crippen LogP contribution in [0.25, 0.3) is 12.2 Å². The first-order chi connectivity index (χ1) is 10.1. The molecule has 0 radical (unpaired) electrons. The largest absolute Gasteiger partial charge is 0.508 e. The Kier molecular flexibility index (Phi) is 4.77. The lowest BCUT2D eigenvalue weighted by atomic mass is 10.1. The molecule has 0 aromatic heterocycles. The first kappa shape index (κ1) is 14.9. The van der Waals surface area contributed by atoms with Crippen LogP contribution in [0.15, 0.2) is 42.5 Å². The van der Waals surface area contributed by atoms with Gasteiger partial charge in [-0.15, -0.1) is 0 Å². The lowest BCUT2D eigenvalue weighted by Crippen LogP contribution is -1.95. The molecule has 0 saturated heterocycles. The van der Waals surface area contributed by atoms with Crippen LogP contribution in [0.2, 0.25) is 0 Å². The Balaban J connectivity index is 2.13. The molecule has 0 bridgehead atoms. The molecule has 0 heterocycles. The minimum atomic E-state index is 0.158. The standard InChI is InChI=1S/C18H18O3/c1-13(19)9-15-6-3-14(4-7-15)5-8-16-10-17(20)12-18(11-16)21-2/h3-8,10-12,20H,9H2,1-2H3/b8-5+. The summed E-state index contributed by atoms with van der Waals surface area (Å²) in [4.78, 5) is 11.1. The predicted molar refractivity (Wildman–Crippen MR) is 84.4 cm³/mol. The molecule has 0 fully saturated rings. The Morgan fingerprint density at radius 1 is 1.10 bits per heavy atom. The number of Topliss-reactive ketones (excluding diaryl/α,β-unsaturated/α-hetero) is 1. The van der Waals surface area contributed by atoms with Gasteiger partial charge in [0, 0.05) is 12.5 Å². The summed E-state index contributed by atoms with van der Waals surface area (Å²) in [6.45, 7) is 1.59. The van der Waals surface area contributed by atoms with Crippen molar-refractivity contribution in [1.29, 1.82) is 0 Å². The van der Waals surface area contributed by atoms with Crippen LogP contribution in [0.1, 0.15) is 23.6 Å². The van der Waals surface area contributed by atoms with Crippen LogP contribution < -0.4 is 4.74 Å². The molecule has 2 aromatic carbocycles. The van der Waals surface area contributed by atoms with Gasteiger partial charge in [0.2, 0.25) is 0 Å². The van der Waals surface area contributed by atoms with Crippen molar-refractivity contribution in [3.63, 3.8) is 0 Å². The van der Waals surface area contributed by atoms with Crippen LogP contribution in [0.4, 0.5) is 0 Å². The Morgan fingerprint density at radius 3 is 2.38 bits per heavy atom. The third-order valence-corrected chi connectivity index (χ3v) is 3.05. The third-order valence-electron chi connectivity index (χ3n) is 3.05. The van der Waals surface area contributed by atoms with Gasteiger partial charge in [0.05, 0.1) is 7.11 Å². The Bertz CT molecular complexity index is 655. The number of ether oxygens (including phenoxy) is 1. The zero-order chi connectivity index (χ0) is 15.2. The summed E-state index contributed by atoms with van der Waals surface area (Å²) in [5, 5.41) is 9.60. The number of hydrogen-bond donors (Lipinski definition) is 1. The molecule has 0 aliphatic heterocycles. The van der Waals surface area contributed by atoms with Crippen molar-refractivity contribution in [2.24, 2.45) is 0 Å². The van der Waals surface area contributed by atoms with Gasteiger partial charge in [0.1, 0.15) is 17.3 Å². The second-order valence-corrected chi connectivity index (χ2v) is 4.92. The van der Waals surface area contributed by atoms with E-state index in [2.05, 4.69) is 0 Å². The van der Waals surface area contributed by atoms with Gasteiger partial charge in [-0.25, -0.2) is 0 Å². The number of phenolic OH excluding ortho intramolecular Hbond substituents is 1. The lowest BCUT2D eigenvalue weighted by Gasteiger charge is -2.03. The zero-order valence-electron chi connectivity index (χ0n) is 12.2. The summed E-state index contributed by atoms with van der Waals surface area (Å²) in [6, 6.07) is 12.9. The Hall–Kier alpha value is -2.55. The molecule has 21 heavy (non-hydrogen) atoms. The van der Waals surface area contributed by atoms with Gasteiger partial charge in [0.25, 0.3) is 0 Å². The molecule has 3 nitrogen and oxygen atoms in total. The van der Waals surface area contributed by atoms with Crippen LogP contribution in [0.5, 0.6) is 11.5 Å². The fraction of sp³-hybridized carbons (Fsp3) is 0.167. The highest BCUT2D eigenvalue weighted by atomic mass is 16.5. The first-order valence-electron chi connectivity index (χ1n) is 6.71. The van der Waals surface area contributed by atoms with Crippen molar-refractivity contribution in [2.45, 2.75) is 13.3 Å². The quantitative estimate of drug-likeness (QED) is 0.850. The minimum absolute atomic E-state index is 0.158. The summed E-state index contributed by atoms with van der Waals surface area (Å²) in [6.07, 6.45) is 4.32. The van der Waals surface area contributed by atoms with E-state index in [9.17, 15) is 9.90 Å². The number of ketones is 1. The highest BCUT2D eigenvalue weighted by molar-refractivity contribution is 5.78. The first-order valence-corrected chi connectivity index (χ1v) is 6.71. The molecule has 1 N–H and O–H groups in total. The number of rotatable bonds is 5. The number of carbonyl (C=O) groups is 1. The fourth-order valence-electron chi connectivity index (χ4n) is 2.05. The number of phenols is 1. The maximum Gasteiger partial charge on any atom is 0.134 e. The summed E-state index contributed by atoms with van der Waals surface area (Å²) in [7, 11) is 1.57. The molecule has 0 saturated carbocycles. The molecule has 0 atom stereocenters. The van der Waals surface area contributed by atoms with Crippen LogP contribution in [0, 0.1) is 0 Å². The van der Waals surface area contributed by atoms with Gasteiger partial charge >= 0.3 is 0 Å². The second-order valence-electron chi connectivity index (χ2n) is 4.92. The maximum absolute atomic E-state index is 11.1. The van der Waals surface area contributed by atoms with Crippen molar-refractivity contribution >= 4 is 17.9 Å². The number of aromatic hydroxyl groups is 1. The average molecular weight is 282 g/mol. The monoisotopic (exact) mass is 282 g/mol. The zero-order valence-corrected chi connectivity index (χ0v) is 12.2.